The summed E-state index contributed by atoms with van der Waals surface area (Å²) in [6, 6.07) is 17.8. The Morgan fingerprint density at radius 2 is 1.63 bits per heavy atom. The van der Waals surface area contributed by atoms with Crippen molar-refractivity contribution in [1.29, 1.82) is 0 Å². The van der Waals surface area contributed by atoms with Crippen LogP contribution in [0.2, 0.25) is 0 Å². The summed E-state index contributed by atoms with van der Waals surface area (Å²) < 4.78 is 1.90. The highest BCUT2D eigenvalue weighted by molar-refractivity contribution is 5.90. The van der Waals surface area contributed by atoms with Gasteiger partial charge in [-0.25, -0.2) is 4.98 Å². The second kappa shape index (κ2) is 20.7. The Balaban J connectivity index is 0.896. The van der Waals surface area contributed by atoms with Gasteiger partial charge >= 0.3 is 0 Å². The summed E-state index contributed by atoms with van der Waals surface area (Å²) in [5.74, 6) is 1.07. The van der Waals surface area contributed by atoms with E-state index in [0.717, 1.165) is 85.9 Å². The highest BCUT2D eigenvalue weighted by Crippen LogP contribution is 2.25. The number of carbonyl (C=O) groups excluding carboxylic acids is 2. The largest absolute Gasteiger partial charge is 0.367 e. The van der Waals surface area contributed by atoms with Crippen LogP contribution in [0.3, 0.4) is 0 Å². The molecule has 2 fully saturated rings. The number of likely N-dealkylation sites (tertiary alicyclic amines) is 1. The first kappa shape index (κ1) is 39.0. The molecule has 1 saturated heterocycles. The molecule has 6 rings (SSSR count). The quantitative estimate of drug-likeness (QED) is 0.0724. The number of nitrogens with two attached hydrogens (primary N) is 1. The standard InChI is InChI=1S/C40H58N12O2/c41-35(39(54)44-27-30-11-3-1-4-12-30)17-18-37(53)51-25-19-32(20-26-51)46-38-34-15-7-8-16-36(34)47-40(48-38)45-28-33-29-52(50-49-33)24-10-22-42-21-9-23-43-31-13-5-2-6-14-31/h1,3-4,7-8,11-12,15-16,29,31-32,35,42-43H,2,5-6,9-10,13-14,17-28,41H2,(H,44,54)(H2,45,46,47,48)/t35-/m0/s1. The molecule has 54 heavy (non-hydrogen) atoms. The van der Waals surface area contributed by atoms with E-state index >= 15 is 0 Å². The number of anilines is 2. The van der Waals surface area contributed by atoms with E-state index in [1.54, 1.807) is 0 Å². The molecule has 1 aliphatic carbocycles. The smallest absolute Gasteiger partial charge is 0.237 e. The van der Waals surface area contributed by atoms with Crippen LogP contribution in [0.25, 0.3) is 10.9 Å². The van der Waals surface area contributed by atoms with Crippen LogP contribution in [-0.4, -0.2) is 92.5 Å². The summed E-state index contributed by atoms with van der Waals surface area (Å²) in [6.07, 6.45) is 13.1. The van der Waals surface area contributed by atoms with Crippen LogP contribution >= 0.6 is 0 Å². The molecule has 14 heteroatoms. The monoisotopic (exact) mass is 738 g/mol. The van der Waals surface area contributed by atoms with Crippen LogP contribution in [0.4, 0.5) is 11.8 Å². The number of nitrogens with one attached hydrogen (secondary N) is 5. The number of amides is 2. The van der Waals surface area contributed by atoms with E-state index in [4.69, 9.17) is 15.7 Å². The fraction of sp³-hybridized carbons (Fsp3) is 0.550. The van der Waals surface area contributed by atoms with Gasteiger partial charge in [0.1, 0.15) is 11.5 Å². The number of hydrogen-bond acceptors (Lipinski definition) is 11. The van der Waals surface area contributed by atoms with Gasteiger partial charge in [0.25, 0.3) is 0 Å². The fourth-order valence-corrected chi connectivity index (χ4v) is 7.23. The van der Waals surface area contributed by atoms with Crippen LogP contribution in [0.5, 0.6) is 0 Å². The number of aromatic nitrogens is 5. The average molecular weight is 739 g/mol. The summed E-state index contributed by atoms with van der Waals surface area (Å²) in [7, 11) is 0. The number of nitrogens with zero attached hydrogens (tertiary/aromatic N) is 6. The van der Waals surface area contributed by atoms with Crippen LogP contribution in [0, 0.1) is 0 Å². The maximum atomic E-state index is 13.0. The lowest BCUT2D eigenvalue weighted by molar-refractivity contribution is -0.132. The second-order valence-electron chi connectivity index (χ2n) is 14.6. The third-order valence-corrected chi connectivity index (χ3v) is 10.4. The molecule has 2 aliphatic rings. The SMILES string of the molecule is N[C@@H](CCC(=O)N1CCC(Nc2nc(NCc3cn(CCCNCCCNC4CCCCC4)nn3)nc3ccccc23)CC1)C(=O)NCc1ccccc1. The summed E-state index contributed by atoms with van der Waals surface area (Å²) >= 11 is 0. The molecule has 14 nitrogen and oxygen atoms in total. The molecule has 7 N–H and O–H groups in total. The van der Waals surface area contributed by atoms with Crippen LogP contribution < -0.4 is 32.3 Å². The van der Waals surface area contributed by atoms with Crippen molar-refractivity contribution < 1.29 is 9.59 Å². The number of hydrogen-bond donors (Lipinski definition) is 6. The van der Waals surface area contributed by atoms with Gasteiger partial charge in [0.2, 0.25) is 17.8 Å². The number of carbonyl (C=O) groups is 2. The third-order valence-electron chi connectivity index (χ3n) is 10.4. The molecule has 2 aromatic heterocycles. The van der Waals surface area contributed by atoms with Gasteiger partial charge in [-0.2, -0.15) is 4.98 Å². The second-order valence-corrected chi connectivity index (χ2v) is 14.6. The molecule has 1 atom stereocenters. The lowest BCUT2D eigenvalue weighted by Crippen LogP contribution is -2.44. The van der Waals surface area contributed by atoms with E-state index in [0.29, 0.717) is 38.5 Å². The van der Waals surface area contributed by atoms with E-state index in [9.17, 15) is 9.59 Å². The number of aryl methyl sites for hydroxylation is 1. The first-order valence-corrected chi connectivity index (χ1v) is 20.0. The first-order chi connectivity index (χ1) is 26.5. The molecule has 0 spiro atoms. The molecule has 3 heterocycles. The van der Waals surface area contributed by atoms with E-state index in [2.05, 4.69) is 36.9 Å². The molecule has 0 bridgehead atoms. The maximum Gasteiger partial charge on any atom is 0.237 e. The molecular formula is C40H58N12O2. The topological polar surface area (TPSA) is 180 Å². The Kier molecular flexibility index (Phi) is 15.0. The lowest BCUT2D eigenvalue weighted by Gasteiger charge is -2.33. The summed E-state index contributed by atoms with van der Waals surface area (Å²) in [5, 5.41) is 26.7. The van der Waals surface area contributed by atoms with Gasteiger partial charge in [0.05, 0.1) is 24.3 Å². The minimum absolute atomic E-state index is 0.0281. The Morgan fingerprint density at radius 1 is 0.852 bits per heavy atom. The zero-order valence-corrected chi connectivity index (χ0v) is 31.5. The van der Waals surface area contributed by atoms with Crippen molar-refractivity contribution in [3.63, 3.8) is 0 Å². The Hall–Kier alpha value is -4.66. The highest BCUT2D eigenvalue weighted by Gasteiger charge is 2.25. The van der Waals surface area contributed by atoms with E-state index in [1.807, 2.05) is 70.4 Å². The predicted octanol–water partition coefficient (Wildman–Crippen LogP) is 3.95. The van der Waals surface area contributed by atoms with Gasteiger partial charge in [-0.3, -0.25) is 14.3 Å². The molecule has 0 unspecified atom stereocenters. The minimum atomic E-state index is -0.724. The van der Waals surface area contributed by atoms with Gasteiger partial charge in [-0.1, -0.05) is 66.9 Å². The van der Waals surface area contributed by atoms with Gasteiger partial charge in [0.15, 0.2) is 0 Å². The Labute approximate surface area is 318 Å². The predicted molar refractivity (Wildman–Crippen MR) is 213 cm³/mol. The van der Waals surface area contributed by atoms with Crippen molar-refractivity contribution in [3.05, 3.63) is 72.1 Å². The molecular weight excluding hydrogens is 681 g/mol. The number of para-hydroxylation sites is 1. The van der Waals surface area contributed by atoms with Gasteiger partial charge < -0.3 is 37.2 Å². The first-order valence-electron chi connectivity index (χ1n) is 20.0. The van der Waals surface area contributed by atoms with Crippen molar-refractivity contribution in [2.24, 2.45) is 5.73 Å². The average Bonchev–Trinajstić information content (AvgIpc) is 3.67. The van der Waals surface area contributed by atoms with Crippen molar-refractivity contribution >= 4 is 34.5 Å². The van der Waals surface area contributed by atoms with E-state index < -0.39 is 6.04 Å². The third kappa shape index (κ3) is 12.2. The van der Waals surface area contributed by atoms with Crippen molar-refractivity contribution in [3.8, 4) is 0 Å². The summed E-state index contributed by atoms with van der Waals surface area (Å²) in [4.78, 5) is 37.0. The molecule has 1 aliphatic heterocycles. The molecule has 2 amide bonds. The number of benzene rings is 2. The molecule has 290 valence electrons. The van der Waals surface area contributed by atoms with Gasteiger partial charge in [-0.15, -0.1) is 5.10 Å². The van der Waals surface area contributed by atoms with Crippen molar-refractivity contribution in [2.75, 3.05) is 43.4 Å². The molecule has 1 saturated carbocycles. The molecule has 2 aromatic carbocycles. The van der Waals surface area contributed by atoms with Gasteiger partial charge in [-0.05, 0) is 82.3 Å². The number of rotatable bonds is 20. The van der Waals surface area contributed by atoms with Gasteiger partial charge in [0, 0.05) is 50.1 Å². The van der Waals surface area contributed by atoms with E-state index in [-0.39, 0.29) is 24.3 Å². The zero-order valence-electron chi connectivity index (χ0n) is 31.5. The number of piperidine rings is 1. The molecule has 4 aromatic rings. The fourth-order valence-electron chi connectivity index (χ4n) is 7.23. The Morgan fingerprint density at radius 3 is 2.46 bits per heavy atom. The van der Waals surface area contributed by atoms with Crippen molar-refractivity contribution in [1.82, 2.24) is 45.8 Å². The van der Waals surface area contributed by atoms with E-state index in [1.165, 1.54) is 32.1 Å². The molecule has 0 radical (unpaired) electrons. The summed E-state index contributed by atoms with van der Waals surface area (Å²) in [5.41, 5.74) is 8.79. The Bertz CT molecular complexity index is 1740. The van der Waals surface area contributed by atoms with Crippen LogP contribution in [-0.2, 0) is 29.2 Å². The van der Waals surface area contributed by atoms with Crippen LogP contribution in [0.1, 0.15) is 81.9 Å². The number of fused-ring (bicyclic) bond motifs is 1. The lowest BCUT2D eigenvalue weighted by atomic mass is 9.95. The van der Waals surface area contributed by atoms with Crippen LogP contribution in [0.15, 0.2) is 60.8 Å². The van der Waals surface area contributed by atoms with Crippen molar-refractivity contribution in [2.45, 2.75) is 108 Å². The summed E-state index contributed by atoms with van der Waals surface area (Å²) in [6.45, 7) is 6.02. The zero-order chi connectivity index (χ0) is 37.4. The minimum Gasteiger partial charge on any atom is -0.367 e. The normalized spacial score (nSPS) is 16.0. The maximum absolute atomic E-state index is 13.0. The highest BCUT2D eigenvalue weighted by atomic mass is 16.2.